The number of nitrogens with two attached hydrogens (primary N) is 2. The van der Waals surface area contributed by atoms with Crippen LogP contribution in [0.4, 0.5) is 0 Å². The minimum atomic E-state index is -1.65. The van der Waals surface area contributed by atoms with E-state index in [0.29, 0.717) is 18.4 Å². The molecule has 1 aromatic heterocycles. The molecule has 0 saturated carbocycles. The molecule has 10 atom stereocenters. The van der Waals surface area contributed by atoms with Crippen LogP contribution in [-0.4, -0.2) is 141 Å². The molecule has 0 radical (unpaired) electrons. The summed E-state index contributed by atoms with van der Waals surface area (Å²) in [6, 6.07) is 16.4. The van der Waals surface area contributed by atoms with Crippen LogP contribution in [0.25, 0.3) is 10.9 Å². The minimum absolute atomic E-state index is 0.0463. The van der Waals surface area contributed by atoms with Gasteiger partial charge in [-0.15, -0.1) is 0 Å². The first-order valence-corrected chi connectivity index (χ1v) is 26.2. The third-order valence-corrected chi connectivity index (χ3v) is 14.6. The standard InChI is InChI=1S/C50H67N9O10S2/c1-29(61)40(26-60)56-49(68)42-28-71-70-27-41(57-46(65)36(52)22-32-15-7-4-8-16-32)43(63)24-33(21-31-13-5-3-6-14-31)45(64)55-39(23-34-25-53-37-18-10-9-17-35(34)37)48(67)54-38(19-11-12-20-51)47(66)59-44(30(2)62)50(69)58-42/h3-10,13-18,25,29-30,33,36,38-42,44,53,60-62H,11-12,19-24,26-28,51-52H2,1-2H3,(H,54,67)(H,55,64)(H,56,68)(H,57,65)(H,58,69)(H,59,66). The Morgan fingerprint density at radius 2 is 1.39 bits per heavy atom. The highest BCUT2D eigenvalue weighted by molar-refractivity contribution is 8.76. The third-order valence-electron chi connectivity index (χ3n) is 12.2. The number of unbranched alkanes of at least 4 members (excludes halogenated alkanes) is 1. The molecule has 2 heterocycles. The summed E-state index contributed by atoms with van der Waals surface area (Å²) in [6.07, 6.45) is -0.326. The molecule has 1 aliphatic rings. The Hall–Kier alpha value is -5.81. The van der Waals surface area contributed by atoms with Gasteiger partial charge in [0.05, 0.1) is 36.9 Å². The van der Waals surface area contributed by atoms with Crippen molar-refractivity contribution in [2.75, 3.05) is 24.7 Å². The quantitative estimate of drug-likeness (QED) is 0.0500. The summed E-state index contributed by atoms with van der Waals surface area (Å²) < 4.78 is 0. The number of H-pyrrole nitrogens is 1. The molecule has 1 saturated heterocycles. The van der Waals surface area contributed by atoms with Crippen molar-refractivity contribution in [2.45, 2.75) is 113 Å². The molecular formula is C50H67N9O10S2. The molecule has 0 spiro atoms. The number of carbonyl (C=O) groups is 7. The molecule has 19 nitrogen and oxygen atoms in total. The zero-order valence-electron chi connectivity index (χ0n) is 39.9. The second-order valence-electron chi connectivity index (χ2n) is 17.8. The van der Waals surface area contributed by atoms with Crippen molar-refractivity contribution < 1.29 is 48.9 Å². The van der Waals surface area contributed by atoms with Crippen LogP contribution in [-0.2, 0) is 52.8 Å². The van der Waals surface area contributed by atoms with Gasteiger partial charge in [-0.05, 0) is 75.3 Å². The van der Waals surface area contributed by atoms with Crippen molar-refractivity contribution in [1.82, 2.24) is 36.9 Å². The van der Waals surface area contributed by atoms with Gasteiger partial charge >= 0.3 is 0 Å². The molecule has 3 aromatic carbocycles. The van der Waals surface area contributed by atoms with Gasteiger partial charge in [-0.2, -0.15) is 0 Å². The molecule has 14 N–H and O–H groups in total. The van der Waals surface area contributed by atoms with Crippen molar-refractivity contribution in [3.8, 4) is 0 Å². The topological polar surface area (TPSA) is 320 Å². The van der Waals surface area contributed by atoms with Crippen molar-refractivity contribution >= 4 is 73.7 Å². The number of ketones is 1. The van der Waals surface area contributed by atoms with Gasteiger partial charge in [-0.25, -0.2) is 0 Å². The zero-order chi connectivity index (χ0) is 51.5. The Bertz CT molecular complexity index is 2390. The molecule has 6 amide bonds. The molecular weight excluding hydrogens is 951 g/mol. The summed E-state index contributed by atoms with van der Waals surface area (Å²) in [5.41, 5.74) is 15.1. The van der Waals surface area contributed by atoms with Gasteiger partial charge in [0.2, 0.25) is 35.4 Å². The number of fused-ring (bicyclic) bond motifs is 1. The predicted octanol–water partition coefficient (Wildman–Crippen LogP) is 0.285. The second-order valence-corrected chi connectivity index (χ2v) is 20.3. The normalized spacial score (nSPS) is 22.9. The van der Waals surface area contributed by atoms with E-state index in [9.17, 15) is 48.9 Å². The summed E-state index contributed by atoms with van der Waals surface area (Å²) in [5.74, 6) is -6.54. The number of para-hydroxylation sites is 1. The van der Waals surface area contributed by atoms with Crippen LogP contribution in [0, 0.1) is 5.92 Å². The minimum Gasteiger partial charge on any atom is -0.394 e. The second kappa shape index (κ2) is 28.3. The number of hydrogen-bond acceptors (Lipinski definition) is 14. The SMILES string of the molecule is CC(O)C(CO)NC(=O)C1CSSCC(NC(=O)C(N)Cc2ccccc2)C(=O)CC(Cc2ccccc2)C(=O)NC(Cc2c[nH]c3ccccc23)C(=O)NC(CCCCN)C(=O)NC(C(C)O)C(=O)N1. The number of amides is 6. The Labute approximate surface area is 421 Å². The molecule has 21 heteroatoms. The molecule has 1 aliphatic heterocycles. The van der Waals surface area contributed by atoms with Gasteiger partial charge in [0.15, 0.2) is 5.78 Å². The van der Waals surface area contributed by atoms with E-state index in [4.69, 9.17) is 11.5 Å². The van der Waals surface area contributed by atoms with E-state index in [2.05, 4.69) is 36.9 Å². The summed E-state index contributed by atoms with van der Waals surface area (Å²) in [5, 5.41) is 47.9. The number of carbonyl (C=O) groups excluding carboxylic acids is 7. The third kappa shape index (κ3) is 17.2. The average molecular weight is 1020 g/mol. The van der Waals surface area contributed by atoms with Gasteiger partial charge in [-0.3, -0.25) is 33.6 Å². The molecule has 384 valence electrons. The molecule has 5 rings (SSSR count). The van der Waals surface area contributed by atoms with E-state index in [1.165, 1.54) is 13.8 Å². The molecule has 4 aromatic rings. The number of aromatic nitrogens is 1. The van der Waals surface area contributed by atoms with Crippen LogP contribution < -0.4 is 43.4 Å². The lowest BCUT2D eigenvalue weighted by Crippen LogP contribution is -2.62. The first-order chi connectivity index (χ1) is 34.1. The lowest BCUT2D eigenvalue weighted by Gasteiger charge is -2.29. The van der Waals surface area contributed by atoms with Gasteiger partial charge in [0.1, 0.15) is 24.2 Å². The smallest absolute Gasteiger partial charge is 0.245 e. The van der Waals surface area contributed by atoms with Gasteiger partial charge < -0.3 is 63.7 Å². The summed E-state index contributed by atoms with van der Waals surface area (Å²) >= 11 is 0. The zero-order valence-corrected chi connectivity index (χ0v) is 41.5. The number of nitrogens with one attached hydrogen (secondary N) is 7. The first-order valence-electron chi connectivity index (χ1n) is 23.7. The Morgan fingerprint density at radius 3 is 2.06 bits per heavy atom. The Kier molecular flexibility index (Phi) is 22.4. The Balaban J connectivity index is 1.56. The lowest BCUT2D eigenvalue weighted by atomic mass is 9.90. The van der Waals surface area contributed by atoms with Crippen LogP contribution in [0.2, 0.25) is 0 Å². The average Bonchev–Trinajstić information content (AvgIpc) is 3.76. The first kappa shape index (κ1) is 56.1. The van der Waals surface area contributed by atoms with E-state index >= 15 is 0 Å². The van der Waals surface area contributed by atoms with Gasteiger partial charge in [0.25, 0.3) is 0 Å². The fraction of sp³-hybridized carbons (Fsp3) is 0.460. The van der Waals surface area contributed by atoms with Crippen LogP contribution in [0.5, 0.6) is 0 Å². The maximum absolute atomic E-state index is 14.8. The van der Waals surface area contributed by atoms with Crippen molar-refractivity contribution in [3.05, 3.63) is 108 Å². The van der Waals surface area contributed by atoms with Crippen molar-refractivity contribution in [1.29, 1.82) is 0 Å². The van der Waals surface area contributed by atoms with Crippen LogP contribution in [0.1, 0.15) is 56.2 Å². The monoisotopic (exact) mass is 1020 g/mol. The van der Waals surface area contributed by atoms with E-state index in [1.807, 2.05) is 60.7 Å². The maximum Gasteiger partial charge on any atom is 0.245 e. The van der Waals surface area contributed by atoms with E-state index in [-0.39, 0.29) is 50.2 Å². The fourth-order valence-electron chi connectivity index (χ4n) is 7.99. The molecule has 0 bridgehead atoms. The summed E-state index contributed by atoms with van der Waals surface area (Å²) in [7, 11) is 2.13. The van der Waals surface area contributed by atoms with Crippen LogP contribution >= 0.6 is 21.6 Å². The summed E-state index contributed by atoms with van der Waals surface area (Å²) in [4.78, 5) is 103. The number of aliphatic hydroxyl groups excluding tert-OH is 3. The largest absolute Gasteiger partial charge is 0.394 e. The molecule has 71 heavy (non-hydrogen) atoms. The predicted molar refractivity (Wildman–Crippen MR) is 273 cm³/mol. The number of aromatic amines is 1. The highest BCUT2D eigenvalue weighted by Crippen LogP contribution is 2.26. The van der Waals surface area contributed by atoms with Crippen LogP contribution in [0.3, 0.4) is 0 Å². The molecule has 0 aliphatic carbocycles. The van der Waals surface area contributed by atoms with Crippen molar-refractivity contribution in [2.24, 2.45) is 17.4 Å². The van der Waals surface area contributed by atoms with E-state index in [1.54, 1.807) is 30.5 Å². The van der Waals surface area contributed by atoms with Gasteiger partial charge in [-0.1, -0.05) is 100 Å². The highest BCUT2D eigenvalue weighted by atomic mass is 33.1. The van der Waals surface area contributed by atoms with Crippen molar-refractivity contribution in [3.63, 3.8) is 0 Å². The number of aliphatic hydroxyl groups is 3. The maximum atomic E-state index is 14.8. The van der Waals surface area contributed by atoms with E-state index < -0.39 is 108 Å². The Morgan fingerprint density at radius 1 is 0.761 bits per heavy atom. The summed E-state index contributed by atoms with van der Waals surface area (Å²) in [6.45, 7) is 2.25. The van der Waals surface area contributed by atoms with E-state index in [0.717, 1.165) is 43.6 Å². The fourth-order valence-corrected chi connectivity index (χ4v) is 10.3. The van der Waals surface area contributed by atoms with Gasteiger partial charge in [0, 0.05) is 47.4 Å². The molecule has 10 unspecified atom stereocenters. The number of rotatable bonds is 17. The lowest BCUT2D eigenvalue weighted by molar-refractivity contribution is -0.137. The number of Topliss-reactive ketones (excluding diaryl/α,β-unsaturated/α-hetero) is 1. The number of hydrogen-bond donors (Lipinski definition) is 12. The van der Waals surface area contributed by atoms with Crippen LogP contribution in [0.15, 0.2) is 91.1 Å². The molecule has 1 fully saturated rings. The highest BCUT2D eigenvalue weighted by Gasteiger charge is 2.36. The number of benzene rings is 3.